The first-order valence-corrected chi connectivity index (χ1v) is 7.38. The van der Waals surface area contributed by atoms with Gasteiger partial charge in [0.05, 0.1) is 18.2 Å². The van der Waals surface area contributed by atoms with E-state index in [9.17, 15) is 4.79 Å². The molecule has 0 bridgehead atoms. The molecule has 0 radical (unpaired) electrons. The summed E-state index contributed by atoms with van der Waals surface area (Å²) in [5, 5.41) is 0.642. The average molecular weight is 297 g/mol. The van der Waals surface area contributed by atoms with Crippen molar-refractivity contribution < 1.29 is 9.53 Å². The summed E-state index contributed by atoms with van der Waals surface area (Å²) in [6, 6.07) is 6.26. The van der Waals surface area contributed by atoms with Gasteiger partial charge in [-0.3, -0.25) is 4.90 Å². The van der Waals surface area contributed by atoms with Crippen molar-refractivity contribution in [3.63, 3.8) is 0 Å². The van der Waals surface area contributed by atoms with E-state index in [0.29, 0.717) is 24.2 Å². The lowest BCUT2D eigenvalue weighted by Crippen LogP contribution is -2.52. The number of nitrogens with zero attached hydrogens (tertiary/aromatic N) is 2. The lowest BCUT2D eigenvalue weighted by Gasteiger charge is -2.40. The quantitative estimate of drug-likeness (QED) is 0.782. The maximum atomic E-state index is 10.6. The summed E-state index contributed by atoms with van der Waals surface area (Å²) in [5.41, 5.74) is 1.12. The SMILES string of the molecule is CCOc1cc(N2CCN(CC=O)[C@@H](C)C2)ccc1Cl. The zero-order valence-electron chi connectivity index (χ0n) is 12.0. The van der Waals surface area contributed by atoms with Gasteiger partial charge in [-0.05, 0) is 26.0 Å². The highest BCUT2D eigenvalue weighted by atomic mass is 35.5. The van der Waals surface area contributed by atoms with Crippen molar-refractivity contribution in [3.05, 3.63) is 23.2 Å². The third kappa shape index (κ3) is 3.44. The van der Waals surface area contributed by atoms with E-state index in [1.54, 1.807) is 0 Å². The van der Waals surface area contributed by atoms with E-state index in [1.165, 1.54) is 0 Å². The number of anilines is 1. The summed E-state index contributed by atoms with van der Waals surface area (Å²) >= 11 is 6.12. The van der Waals surface area contributed by atoms with E-state index in [-0.39, 0.29) is 0 Å². The molecule has 0 spiro atoms. The molecule has 2 rings (SSSR count). The molecule has 0 unspecified atom stereocenters. The highest BCUT2D eigenvalue weighted by Crippen LogP contribution is 2.30. The highest BCUT2D eigenvalue weighted by Gasteiger charge is 2.23. The van der Waals surface area contributed by atoms with Gasteiger partial charge in [-0.15, -0.1) is 0 Å². The van der Waals surface area contributed by atoms with Crippen LogP contribution in [0.25, 0.3) is 0 Å². The second-order valence-corrected chi connectivity index (χ2v) is 5.41. The minimum absolute atomic E-state index is 0.361. The van der Waals surface area contributed by atoms with Crippen LogP contribution in [0.2, 0.25) is 5.02 Å². The standard InChI is InChI=1S/C15H21ClN2O2/c1-3-20-15-10-13(4-5-14(15)16)18-7-6-17(8-9-19)12(2)11-18/h4-5,9-10,12H,3,6-8,11H2,1-2H3/t12-/m0/s1. The molecule has 1 aromatic carbocycles. The Hall–Kier alpha value is -1.26. The third-order valence-electron chi connectivity index (χ3n) is 3.65. The van der Waals surface area contributed by atoms with Crippen LogP contribution in [0.3, 0.4) is 0 Å². The Balaban J connectivity index is 2.09. The first kappa shape index (κ1) is 15.1. The molecular weight excluding hydrogens is 276 g/mol. The van der Waals surface area contributed by atoms with Gasteiger partial charge in [0.1, 0.15) is 12.0 Å². The number of hydrogen-bond donors (Lipinski definition) is 0. The molecule has 0 saturated carbocycles. The minimum Gasteiger partial charge on any atom is -0.492 e. The fourth-order valence-corrected chi connectivity index (χ4v) is 2.72. The van der Waals surface area contributed by atoms with Gasteiger partial charge in [-0.1, -0.05) is 11.6 Å². The number of carbonyl (C=O) groups is 1. The predicted octanol–water partition coefficient (Wildman–Crippen LogP) is 2.45. The Labute approximate surface area is 125 Å². The second-order valence-electron chi connectivity index (χ2n) is 5.00. The van der Waals surface area contributed by atoms with E-state index in [0.717, 1.165) is 37.4 Å². The lowest BCUT2D eigenvalue weighted by molar-refractivity contribution is -0.109. The fourth-order valence-electron chi connectivity index (χ4n) is 2.55. The molecule has 0 amide bonds. The molecule has 5 heteroatoms. The van der Waals surface area contributed by atoms with Crippen molar-refractivity contribution in [1.29, 1.82) is 0 Å². The maximum absolute atomic E-state index is 10.6. The van der Waals surface area contributed by atoms with Crippen LogP contribution in [0.4, 0.5) is 5.69 Å². The number of carbonyl (C=O) groups excluding carboxylic acids is 1. The normalized spacial score (nSPS) is 19.9. The number of rotatable bonds is 5. The van der Waals surface area contributed by atoms with Gasteiger partial charge in [0.25, 0.3) is 0 Å². The Morgan fingerprint density at radius 1 is 1.45 bits per heavy atom. The van der Waals surface area contributed by atoms with Gasteiger partial charge in [0.15, 0.2) is 0 Å². The second kappa shape index (κ2) is 6.95. The molecule has 1 fully saturated rings. The molecule has 1 aliphatic heterocycles. The molecule has 0 aliphatic carbocycles. The van der Waals surface area contributed by atoms with Crippen LogP contribution < -0.4 is 9.64 Å². The number of ether oxygens (including phenoxy) is 1. The number of benzene rings is 1. The molecule has 20 heavy (non-hydrogen) atoms. The monoisotopic (exact) mass is 296 g/mol. The van der Waals surface area contributed by atoms with Crippen molar-refractivity contribution in [2.24, 2.45) is 0 Å². The molecule has 110 valence electrons. The summed E-state index contributed by atoms with van der Waals surface area (Å²) in [7, 11) is 0. The molecule has 1 atom stereocenters. The lowest BCUT2D eigenvalue weighted by atomic mass is 10.1. The van der Waals surface area contributed by atoms with Crippen LogP contribution in [-0.4, -0.2) is 50.0 Å². The topological polar surface area (TPSA) is 32.8 Å². The van der Waals surface area contributed by atoms with E-state index < -0.39 is 0 Å². The van der Waals surface area contributed by atoms with Crippen LogP contribution >= 0.6 is 11.6 Å². The average Bonchev–Trinajstić information content (AvgIpc) is 2.44. The van der Waals surface area contributed by atoms with E-state index >= 15 is 0 Å². The molecule has 1 heterocycles. The number of aldehydes is 1. The minimum atomic E-state index is 0.361. The predicted molar refractivity (Wildman–Crippen MR) is 81.9 cm³/mol. The largest absolute Gasteiger partial charge is 0.492 e. The van der Waals surface area contributed by atoms with E-state index in [1.807, 2.05) is 25.1 Å². The van der Waals surface area contributed by atoms with Gasteiger partial charge in [-0.2, -0.15) is 0 Å². The van der Waals surface area contributed by atoms with Crippen LogP contribution in [0.1, 0.15) is 13.8 Å². The smallest absolute Gasteiger partial charge is 0.139 e. The van der Waals surface area contributed by atoms with Gasteiger partial charge >= 0.3 is 0 Å². The number of piperazine rings is 1. The van der Waals surface area contributed by atoms with Crippen molar-refractivity contribution in [2.75, 3.05) is 37.7 Å². The third-order valence-corrected chi connectivity index (χ3v) is 3.97. The first-order chi connectivity index (χ1) is 9.65. The van der Waals surface area contributed by atoms with Gasteiger partial charge in [-0.25, -0.2) is 0 Å². The molecular formula is C15H21ClN2O2. The van der Waals surface area contributed by atoms with Gasteiger partial charge in [0.2, 0.25) is 0 Å². The van der Waals surface area contributed by atoms with Gasteiger partial charge in [0, 0.05) is 37.4 Å². The molecule has 1 aliphatic rings. The van der Waals surface area contributed by atoms with Crippen molar-refractivity contribution in [1.82, 2.24) is 4.90 Å². The van der Waals surface area contributed by atoms with Crippen molar-refractivity contribution in [2.45, 2.75) is 19.9 Å². The molecule has 1 aromatic rings. The highest BCUT2D eigenvalue weighted by molar-refractivity contribution is 6.32. The van der Waals surface area contributed by atoms with Crippen molar-refractivity contribution >= 4 is 23.6 Å². The molecule has 0 aromatic heterocycles. The number of hydrogen-bond acceptors (Lipinski definition) is 4. The fraction of sp³-hybridized carbons (Fsp3) is 0.533. The summed E-state index contributed by atoms with van der Waals surface area (Å²) in [4.78, 5) is 15.1. The van der Waals surface area contributed by atoms with E-state index in [4.69, 9.17) is 16.3 Å². The van der Waals surface area contributed by atoms with E-state index in [2.05, 4.69) is 16.7 Å². The Bertz CT molecular complexity index is 467. The van der Waals surface area contributed by atoms with Crippen LogP contribution in [-0.2, 0) is 4.79 Å². The Morgan fingerprint density at radius 3 is 2.90 bits per heavy atom. The molecule has 4 nitrogen and oxygen atoms in total. The summed E-state index contributed by atoms with van der Waals surface area (Å²) in [6.45, 7) is 7.92. The Kier molecular flexibility index (Phi) is 5.26. The number of halogens is 1. The zero-order valence-corrected chi connectivity index (χ0v) is 12.8. The molecule has 1 saturated heterocycles. The van der Waals surface area contributed by atoms with Crippen LogP contribution in [0.5, 0.6) is 5.75 Å². The van der Waals surface area contributed by atoms with Crippen LogP contribution in [0, 0.1) is 0 Å². The molecule has 0 N–H and O–H groups in total. The Morgan fingerprint density at radius 2 is 2.25 bits per heavy atom. The maximum Gasteiger partial charge on any atom is 0.139 e. The summed E-state index contributed by atoms with van der Waals surface area (Å²) in [6.07, 6.45) is 0.974. The first-order valence-electron chi connectivity index (χ1n) is 7.00. The summed E-state index contributed by atoms with van der Waals surface area (Å²) < 4.78 is 5.54. The zero-order chi connectivity index (χ0) is 14.5. The van der Waals surface area contributed by atoms with Gasteiger partial charge < -0.3 is 14.4 Å². The van der Waals surface area contributed by atoms with Crippen molar-refractivity contribution in [3.8, 4) is 5.75 Å². The van der Waals surface area contributed by atoms with Crippen LogP contribution in [0.15, 0.2) is 18.2 Å². The summed E-state index contributed by atoms with van der Waals surface area (Å²) in [5.74, 6) is 0.731.